The predicted octanol–water partition coefficient (Wildman–Crippen LogP) is 2.95. The third-order valence-corrected chi connectivity index (χ3v) is 3.30. The summed E-state index contributed by atoms with van der Waals surface area (Å²) in [7, 11) is 0. The third-order valence-electron chi connectivity index (χ3n) is 3.30. The van der Waals surface area contributed by atoms with Crippen molar-refractivity contribution in [2.75, 3.05) is 5.32 Å². The van der Waals surface area contributed by atoms with Gasteiger partial charge in [-0.05, 0) is 29.8 Å². The monoisotopic (exact) mass is 277 g/mol. The lowest BCUT2D eigenvalue weighted by Gasteiger charge is -2.06. The van der Waals surface area contributed by atoms with Gasteiger partial charge in [0.15, 0.2) is 0 Å². The number of nitrogens with zero attached hydrogens (tertiary/aromatic N) is 1. The maximum Gasteiger partial charge on any atom is 0.255 e. The number of fused-ring (bicyclic) bond motifs is 1. The molecule has 0 saturated carbocycles. The van der Waals surface area contributed by atoms with E-state index in [-0.39, 0.29) is 5.91 Å². The quantitative estimate of drug-likeness (QED) is 0.773. The van der Waals surface area contributed by atoms with E-state index in [1.807, 2.05) is 42.5 Å². The molecule has 0 spiro atoms. The average molecular weight is 277 g/mol. The Morgan fingerprint density at radius 1 is 1.10 bits per heavy atom. The Morgan fingerprint density at radius 3 is 2.62 bits per heavy atom. The number of para-hydroxylation sites is 1. The van der Waals surface area contributed by atoms with Gasteiger partial charge in [0.1, 0.15) is 0 Å². The van der Waals surface area contributed by atoms with E-state index in [0.717, 1.165) is 16.5 Å². The summed E-state index contributed by atoms with van der Waals surface area (Å²) in [6, 6.07) is 16.9. The molecule has 1 aromatic heterocycles. The fraction of sp³-hybridized carbons (Fsp3) is 0.0588. The molecule has 3 rings (SSSR count). The summed E-state index contributed by atoms with van der Waals surface area (Å²) in [6.07, 6.45) is 1.66. The topological polar surface area (TPSA) is 68.0 Å². The van der Waals surface area contributed by atoms with Gasteiger partial charge >= 0.3 is 0 Å². The highest BCUT2D eigenvalue weighted by molar-refractivity contribution is 6.04. The lowest BCUT2D eigenvalue weighted by Crippen LogP contribution is -2.12. The molecule has 104 valence electrons. The summed E-state index contributed by atoms with van der Waals surface area (Å²) in [5, 5.41) is 3.85. The highest BCUT2D eigenvalue weighted by Gasteiger charge is 2.06. The smallest absolute Gasteiger partial charge is 0.255 e. The normalized spacial score (nSPS) is 10.5. The number of anilines is 1. The van der Waals surface area contributed by atoms with Crippen LogP contribution in [-0.2, 0) is 6.54 Å². The maximum atomic E-state index is 12.2. The van der Waals surface area contributed by atoms with Crippen molar-refractivity contribution in [3.05, 3.63) is 71.9 Å². The van der Waals surface area contributed by atoms with Gasteiger partial charge in [-0.3, -0.25) is 9.78 Å². The number of hydrogen-bond donors (Lipinski definition) is 2. The molecule has 0 unspecified atom stereocenters. The van der Waals surface area contributed by atoms with Crippen molar-refractivity contribution < 1.29 is 4.79 Å². The highest BCUT2D eigenvalue weighted by atomic mass is 16.1. The second-order valence-electron chi connectivity index (χ2n) is 4.77. The molecule has 1 amide bonds. The Morgan fingerprint density at radius 2 is 1.86 bits per heavy atom. The van der Waals surface area contributed by atoms with Crippen LogP contribution in [0.3, 0.4) is 0 Å². The summed E-state index contributed by atoms with van der Waals surface area (Å²) in [5.74, 6) is -0.157. The molecule has 0 saturated heterocycles. The molecule has 4 heteroatoms. The van der Waals surface area contributed by atoms with Crippen molar-refractivity contribution in [2.24, 2.45) is 5.73 Å². The number of amides is 1. The van der Waals surface area contributed by atoms with E-state index in [9.17, 15) is 4.79 Å². The number of pyridine rings is 1. The number of nitrogens with one attached hydrogen (secondary N) is 1. The lowest BCUT2D eigenvalue weighted by atomic mass is 10.1. The Kier molecular flexibility index (Phi) is 3.62. The van der Waals surface area contributed by atoms with Crippen LogP contribution in [0.25, 0.3) is 10.9 Å². The van der Waals surface area contributed by atoms with E-state index < -0.39 is 0 Å². The third kappa shape index (κ3) is 2.90. The van der Waals surface area contributed by atoms with Crippen LogP contribution in [0.2, 0.25) is 0 Å². The summed E-state index contributed by atoms with van der Waals surface area (Å²) in [6.45, 7) is 0.469. The Balaban J connectivity index is 1.81. The Bertz CT molecular complexity index is 781. The van der Waals surface area contributed by atoms with Crippen molar-refractivity contribution in [1.29, 1.82) is 0 Å². The average Bonchev–Trinajstić information content (AvgIpc) is 2.55. The van der Waals surface area contributed by atoms with E-state index in [2.05, 4.69) is 10.3 Å². The summed E-state index contributed by atoms with van der Waals surface area (Å²) in [5.41, 5.74) is 8.73. The van der Waals surface area contributed by atoms with Crippen LogP contribution in [0.5, 0.6) is 0 Å². The number of carbonyl (C=O) groups is 1. The molecule has 0 aliphatic carbocycles. The van der Waals surface area contributed by atoms with Crippen molar-refractivity contribution >= 4 is 22.5 Å². The number of aromatic nitrogens is 1. The van der Waals surface area contributed by atoms with Crippen LogP contribution >= 0.6 is 0 Å². The van der Waals surface area contributed by atoms with Crippen LogP contribution in [0.15, 0.2) is 60.8 Å². The van der Waals surface area contributed by atoms with Gasteiger partial charge in [-0.1, -0.05) is 30.3 Å². The standard InChI is InChI=1S/C17H15N3O/c18-10-12-5-7-13(8-6-12)17(21)20-15-9-14-3-1-2-4-16(14)19-11-15/h1-9,11H,10,18H2,(H,20,21). The SMILES string of the molecule is NCc1ccc(C(=O)Nc2cnc3ccccc3c2)cc1. The minimum absolute atomic E-state index is 0.157. The van der Waals surface area contributed by atoms with Crippen molar-refractivity contribution in [3.63, 3.8) is 0 Å². The first-order valence-electron chi connectivity index (χ1n) is 6.71. The van der Waals surface area contributed by atoms with Gasteiger partial charge in [0, 0.05) is 17.5 Å². The molecule has 3 N–H and O–H groups in total. The van der Waals surface area contributed by atoms with E-state index >= 15 is 0 Å². The second-order valence-corrected chi connectivity index (χ2v) is 4.77. The summed E-state index contributed by atoms with van der Waals surface area (Å²) < 4.78 is 0. The maximum absolute atomic E-state index is 12.2. The highest BCUT2D eigenvalue weighted by Crippen LogP contribution is 2.17. The molecular formula is C17H15N3O. The van der Waals surface area contributed by atoms with Gasteiger partial charge in [0.25, 0.3) is 5.91 Å². The molecule has 0 aliphatic heterocycles. The molecular weight excluding hydrogens is 262 g/mol. The van der Waals surface area contributed by atoms with Crippen LogP contribution < -0.4 is 11.1 Å². The number of nitrogens with two attached hydrogens (primary N) is 1. The molecule has 2 aromatic carbocycles. The van der Waals surface area contributed by atoms with E-state index in [0.29, 0.717) is 17.8 Å². The van der Waals surface area contributed by atoms with Gasteiger partial charge in [-0.25, -0.2) is 0 Å². The molecule has 0 fully saturated rings. The summed E-state index contributed by atoms with van der Waals surface area (Å²) in [4.78, 5) is 16.5. The van der Waals surface area contributed by atoms with Crippen LogP contribution in [0.4, 0.5) is 5.69 Å². The molecule has 0 radical (unpaired) electrons. The van der Waals surface area contributed by atoms with Gasteiger partial charge in [0.05, 0.1) is 17.4 Å². The number of benzene rings is 2. The zero-order valence-corrected chi connectivity index (χ0v) is 11.4. The van der Waals surface area contributed by atoms with Crippen molar-refractivity contribution in [3.8, 4) is 0 Å². The Hall–Kier alpha value is -2.72. The van der Waals surface area contributed by atoms with Gasteiger partial charge in [-0.2, -0.15) is 0 Å². The molecule has 21 heavy (non-hydrogen) atoms. The van der Waals surface area contributed by atoms with Crippen LogP contribution in [0, 0.1) is 0 Å². The number of hydrogen-bond acceptors (Lipinski definition) is 3. The van der Waals surface area contributed by atoms with E-state index in [1.54, 1.807) is 18.3 Å². The first-order valence-corrected chi connectivity index (χ1v) is 6.71. The number of carbonyl (C=O) groups excluding carboxylic acids is 1. The molecule has 4 nitrogen and oxygen atoms in total. The molecule has 3 aromatic rings. The minimum atomic E-state index is -0.157. The van der Waals surface area contributed by atoms with Crippen molar-refractivity contribution in [1.82, 2.24) is 4.98 Å². The molecule has 0 atom stereocenters. The summed E-state index contributed by atoms with van der Waals surface area (Å²) >= 11 is 0. The van der Waals surface area contributed by atoms with Crippen LogP contribution in [-0.4, -0.2) is 10.9 Å². The molecule has 0 aliphatic rings. The fourth-order valence-electron chi connectivity index (χ4n) is 2.13. The van der Waals surface area contributed by atoms with Crippen LogP contribution in [0.1, 0.15) is 15.9 Å². The first-order chi connectivity index (χ1) is 10.3. The van der Waals surface area contributed by atoms with Gasteiger partial charge in [-0.15, -0.1) is 0 Å². The largest absolute Gasteiger partial charge is 0.326 e. The number of rotatable bonds is 3. The minimum Gasteiger partial charge on any atom is -0.326 e. The molecule has 0 bridgehead atoms. The predicted molar refractivity (Wildman–Crippen MR) is 84.0 cm³/mol. The zero-order valence-electron chi connectivity index (χ0n) is 11.4. The Labute approximate surface area is 122 Å². The molecule has 1 heterocycles. The van der Waals surface area contributed by atoms with Crippen molar-refractivity contribution in [2.45, 2.75) is 6.54 Å². The van der Waals surface area contributed by atoms with E-state index in [1.165, 1.54) is 0 Å². The van der Waals surface area contributed by atoms with Gasteiger partial charge < -0.3 is 11.1 Å². The zero-order chi connectivity index (χ0) is 14.7. The van der Waals surface area contributed by atoms with E-state index in [4.69, 9.17) is 5.73 Å². The lowest BCUT2D eigenvalue weighted by molar-refractivity contribution is 0.102. The second kappa shape index (κ2) is 5.73. The fourth-order valence-corrected chi connectivity index (χ4v) is 2.13. The first kappa shape index (κ1) is 13.3. The van der Waals surface area contributed by atoms with Gasteiger partial charge in [0.2, 0.25) is 0 Å².